The number of rotatable bonds is 5. The van der Waals surface area contributed by atoms with Gasteiger partial charge in [-0.1, -0.05) is 0 Å². The summed E-state index contributed by atoms with van der Waals surface area (Å²) in [7, 11) is 1.52. The molecule has 2 heterocycles. The zero-order valence-corrected chi connectivity index (χ0v) is 16.4. The molecule has 1 fully saturated rings. The van der Waals surface area contributed by atoms with Crippen LogP contribution in [-0.4, -0.2) is 37.4 Å². The monoisotopic (exact) mass is 394 g/mol. The van der Waals surface area contributed by atoms with Crippen LogP contribution in [0.2, 0.25) is 0 Å². The predicted octanol–water partition coefficient (Wildman–Crippen LogP) is 3.18. The van der Waals surface area contributed by atoms with Crippen molar-refractivity contribution < 1.29 is 23.9 Å². The molecule has 1 saturated heterocycles. The van der Waals surface area contributed by atoms with Crippen molar-refractivity contribution >= 4 is 29.0 Å². The van der Waals surface area contributed by atoms with Crippen LogP contribution in [0.3, 0.4) is 0 Å². The van der Waals surface area contributed by atoms with Gasteiger partial charge in [-0.25, -0.2) is 4.79 Å². The van der Waals surface area contributed by atoms with E-state index >= 15 is 0 Å². The molecule has 2 aromatic carbocycles. The van der Waals surface area contributed by atoms with Crippen molar-refractivity contribution in [1.82, 2.24) is 0 Å². The summed E-state index contributed by atoms with van der Waals surface area (Å²) in [4.78, 5) is 38.5. The van der Waals surface area contributed by atoms with Crippen molar-refractivity contribution in [3.63, 3.8) is 0 Å². The first-order chi connectivity index (χ1) is 14.0. The van der Waals surface area contributed by atoms with Gasteiger partial charge in [0.25, 0.3) is 0 Å². The molecule has 1 N–H and O–H groups in total. The molecule has 7 heteroatoms. The second-order valence-corrected chi connectivity index (χ2v) is 7.23. The van der Waals surface area contributed by atoms with Crippen molar-refractivity contribution in [2.45, 2.75) is 32.4 Å². The number of amides is 1. The van der Waals surface area contributed by atoms with Gasteiger partial charge in [0.15, 0.2) is 5.78 Å². The number of hydrogen-bond donors (Lipinski definition) is 1. The highest BCUT2D eigenvalue weighted by Gasteiger charge is 2.36. The molecule has 2 aliphatic heterocycles. The van der Waals surface area contributed by atoms with E-state index in [0.717, 1.165) is 25.1 Å². The smallest absolute Gasteiger partial charge is 0.338 e. The molecule has 0 aromatic heterocycles. The van der Waals surface area contributed by atoms with Gasteiger partial charge in [0.2, 0.25) is 5.91 Å². The van der Waals surface area contributed by atoms with E-state index in [-0.39, 0.29) is 24.3 Å². The SMILES string of the molecule is COc1ccc(C(C)=O)cc1COC(=O)c1ccc2c(c1)NC(=O)[C@@H]1CCCN21. The van der Waals surface area contributed by atoms with Gasteiger partial charge < -0.3 is 19.7 Å². The van der Waals surface area contributed by atoms with E-state index in [1.165, 1.54) is 14.0 Å². The van der Waals surface area contributed by atoms with Crippen LogP contribution in [0.25, 0.3) is 0 Å². The molecule has 0 spiro atoms. The summed E-state index contributed by atoms with van der Waals surface area (Å²) in [6, 6.07) is 10.1. The number of nitrogens with one attached hydrogen (secondary N) is 1. The molecule has 2 aliphatic rings. The first-order valence-corrected chi connectivity index (χ1v) is 9.54. The molecule has 0 aliphatic carbocycles. The molecule has 4 rings (SSSR count). The summed E-state index contributed by atoms with van der Waals surface area (Å²) in [6.07, 6.45) is 1.82. The standard InChI is InChI=1S/C22H22N2O5/c1-13(25)14-6-8-20(28-2)16(10-14)12-29-22(27)15-5-7-18-17(11-15)23-21(26)19-4-3-9-24(18)19/h5-8,10-11,19H,3-4,9,12H2,1-2H3,(H,23,26)/t19-/m0/s1. The molecule has 7 nitrogen and oxygen atoms in total. The van der Waals surface area contributed by atoms with Crippen LogP contribution < -0.4 is 15.0 Å². The Labute approximate surface area is 168 Å². The fourth-order valence-corrected chi connectivity index (χ4v) is 3.89. The molecule has 1 atom stereocenters. The van der Waals surface area contributed by atoms with Crippen molar-refractivity contribution in [3.8, 4) is 5.75 Å². The summed E-state index contributed by atoms with van der Waals surface area (Å²) >= 11 is 0. The lowest BCUT2D eigenvalue weighted by Crippen LogP contribution is -2.43. The summed E-state index contributed by atoms with van der Waals surface area (Å²) < 4.78 is 10.7. The van der Waals surface area contributed by atoms with Gasteiger partial charge >= 0.3 is 5.97 Å². The number of ketones is 1. The summed E-state index contributed by atoms with van der Waals surface area (Å²) in [6.45, 7) is 2.28. The van der Waals surface area contributed by atoms with Gasteiger partial charge in [-0.3, -0.25) is 9.59 Å². The Morgan fingerprint density at radius 2 is 1.97 bits per heavy atom. The number of nitrogens with zero attached hydrogens (tertiary/aromatic N) is 1. The number of hydrogen-bond acceptors (Lipinski definition) is 6. The van der Waals surface area contributed by atoms with Crippen LogP contribution in [0, 0.1) is 0 Å². The third-order valence-corrected chi connectivity index (χ3v) is 5.40. The lowest BCUT2D eigenvalue weighted by atomic mass is 10.1. The number of fused-ring (bicyclic) bond motifs is 3. The quantitative estimate of drug-likeness (QED) is 0.619. The van der Waals surface area contributed by atoms with E-state index in [0.29, 0.717) is 28.1 Å². The third kappa shape index (κ3) is 3.55. The van der Waals surface area contributed by atoms with Gasteiger partial charge in [0.1, 0.15) is 18.4 Å². The molecule has 0 radical (unpaired) electrons. The number of benzene rings is 2. The minimum Gasteiger partial charge on any atom is -0.496 e. The number of anilines is 2. The maximum absolute atomic E-state index is 12.6. The average molecular weight is 394 g/mol. The van der Waals surface area contributed by atoms with Crippen LogP contribution >= 0.6 is 0 Å². The number of Topliss-reactive ketones (excluding diaryl/α,β-unsaturated/α-hetero) is 1. The van der Waals surface area contributed by atoms with Gasteiger partial charge in [0, 0.05) is 17.7 Å². The van der Waals surface area contributed by atoms with Crippen LogP contribution in [0.4, 0.5) is 11.4 Å². The fraction of sp³-hybridized carbons (Fsp3) is 0.318. The second kappa shape index (κ2) is 7.58. The van der Waals surface area contributed by atoms with E-state index in [2.05, 4.69) is 10.2 Å². The zero-order chi connectivity index (χ0) is 20.5. The molecule has 0 bridgehead atoms. The van der Waals surface area contributed by atoms with Gasteiger partial charge in [0.05, 0.1) is 24.0 Å². The Kier molecular flexibility index (Phi) is 4.96. The first kappa shape index (κ1) is 19.0. The Balaban J connectivity index is 1.52. The maximum Gasteiger partial charge on any atom is 0.338 e. The number of methoxy groups -OCH3 is 1. The Morgan fingerprint density at radius 1 is 1.17 bits per heavy atom. The highest BCUT2D eigenvalue weighted by Crippen LogP contribution is 2.37. The minimum absolute atomic E-state index is 0.0270. The summed E-state index contributed by atoms with van der Waals surface area (Å²) in [5, 5.41) is 2.89. The topological polar surface area (TPSA) is 84.9 Å². The number of carbonyl (C=O) groups is 3. The molecule has 0 unspecified atom stereocenters. The van der Waals surface area contributed by atoms with E-state index in [1.54, 1.807) is 30.3 Å². The van der Waals surface area contributed by atoms with Crippen LogP contribution in [0.1, 0.15) is 46.0 Å². The Bertz CT molecular complexity index is 1000. The Hall–Kier alpha value is -3.35. The molecule has 2 aromatic rings. The third-order valence-electron chi connectivity index (χ3n) is 5.40. The minimum atomic E-state index is -0.513. The summed E-state index contributed by atoms with van der Waals surface area (Å²) in [5.41, 5.74) is 3.04. The largest absolute Gasteiger partial charge is 0.496 e. The molecule has 1 amide bonds. The predicted molar refractivity (Wildman–Crippen MR) is 108 cm³/mol. The molecule has 29 heavy (non-hydrogen) atoms. The highest BCUT2D eigenvalue weighted by atomic mass is 16.5. The molecular weight excluding hydrogens is 372 g/mol. The van der Waals surface area contributed by atoms with E-state index in [9.17, 15) is 14.4 Å². The second-order valence-electron chi connectivity index (χ2n) is 7.23. The molecular formula is C22H22N2O5. The van der Waals surface area contributed by atoms with Gasteiger partial charge in [-0.2, -0.15) is 0 Å². The first-order valence-electron chi connectivity index (χ1n) is 9.54. The molecule has 0 saturated carbocycles. The van der Waals surface area contributed by atoms with Gasteiger partial charge in [-0.05, 0) is 56.2 Å². The fourth-order valence-electron chi connectivity index (χ4n) is 3.89. The van der Waals surface area contributed by atoms with E-state index < -0.39 is 5.97 Å². The van der Waals surface area contributed by atoms with Gasteiger partial charge in [-0.15, -0.1) is 0 Å². The van der Waals surface area contributed by atoms with Crippen molar-refractivity contribution in [2.75, 3.05) is 23.9 Å². The maximum atomic E-state index is 12.6. The van der Waals surface area contributed by atoms with E-state index in [1.807, 2.05) is 6.07 Å². The van der Waals surface area contributed by atoms with Crippen molar-refractivity contribution in [3.05, 3.63) is 53.1 Å². The lowest BCUT2D eigenvalue weighted by Gasteiger charge is -2.33. The van der Waals surface area contributed by atoms with Crippen LogP contribution in [0.15, 0.2) is 36.4 Å². The van der Waals surface area contributed by atoms with Crippen LogP contribution in [0.5, 0.6) is 5.75 Å². The normalized spacial score (nSPS) is 17.2. The molecule has 150 valence electrons. The van der Waals surface area contributed by atoms with E-state index in [4.69, 9.17) is 9.47 Å². The van der Waals surface area contributed by atoms with Crippen molar-refractivity contribution in [2.24, 2.45) is 0 Å². The highest BCUT2D eigenvalue weighted by molar-refractivity contribution is 6.05. The number of esters is 1. The van der Waals surface area contributed by atoms with Crippen molar-refractivity contribution in [1.29, 1.82) is 0 Å². The Morgan fingerprint density at radius 3 is 2.72 bits per heavy atom. The van der Waals surface area contributed by atoms with Crippen LogP contribution in [-0.2, 0) is 16.1 Å². The zero-order valence-electron chi connectivity index (χ0n) is 16.4. The average Bonchev–Trinajstić information content (AvgIpc) is 3.22. The lowest BCUT2D eigenvalue weighted by molar-refractivity contribution is -0.117. The summed E-state index contributed by atoms with van der Waals surface area (Å²) in [5.74, 6) is -0.0846. The number of ether oxygens (including phenoxy) is 2. The number of carbonyl (C=O) groups excluding carboxylic acids is 3.